The normalized spacial score (nSPS) is 34.7. The number of carboxylic acid groups (broad SMARTS) is 1. The van der Waals surface area contributed by atoms with Crippen LogP contribution in [0.2, 0.25) is 0 Å². The minimum atomic E-state index is -3.37. The van der Waals surface area contributed by atoms with Gasteiger partial charge in [-0.25, -0.2) is 4.79 Å². The molecule has 107 heavy (non-hydrogen) atoms. The topological polar surface area (TPSA) is 529 Å². The lowest BCUT2D eigenvalue weighted by atomic mass is 9.86. The molecular formula is C74H130N2O31. The molecule has 2 amide bonds. The fourth-order valence-electron chi connectivity index (χ4n) is 14.3. The van der Waals surface area contributed by atoms with E-state index < -0.39 is 241 Å². The van der Waals surface area contributed by atoms with Crippen molar-refractivity contribution >= 4 is 23.6 Å². The van der Waals surface area contributed by atoms with Gasteiger partial charge in [-0.3, -0.25) is 9.59 Å². The minimum absolute atomic E-state index is 0.128. The van der Waals surface area contributed by atoms with Crippen LogP contribution in [0.3, 0.4) is 0 Å². The molecule has 33 heteroatoms. The van der Waals surface area contributed by atoms with Gasteiger partial charge in [0.15, 0.2) is 25.2 Å². The number of hydrogen-bond acceptors (Lipinski definition) is 30. The number of carboxylic acids is 1. The summed E-state index contributed by atoms with van der Waals surface area (Å²) < 4.78 is 60.3. The van der Waals surface area contributed by atoms with Crippen LogP contribution >= 0.6 is 0 Å². The summed E-state index contributed by atoms with van der Waals surface area (Å²) in [6.45, 7) is 0.483. The SMILES string of the molecule is CCCCCC/C=C\CCCCCCCCCC(=O)N[C@@H](CO[C@@H]1O[C@H](CO)[C@@H](O[C@@H]2O[C@H](CO)[C@H](O[C@@H]3O[C@H](CO)[C@H](O)[C@H](O[C@@H]4O[C@H](CO)[C@H](O)[C@H](O)[C@H]4O)[C@H]3CC(C)=O)[C@H](O[C@]3(C(=O)O)C[C@H](O)[C@@H](NC(C)=O)C([C@H](O)[C@H](O)CO)O3)[C@H]2O)[C@H](O)[C@H]1O)[C@H](O)/C=C/CCCCCCCCCCCCC. The number of aliphatic hydroxyl groups is 16. The molecule has 0 bridgehead atoms. The predicted octanol–water partition coefficient (Wildman–Crippen LogP) is -0.176. The van der Waals surface area contributed by atoms with Gasteiger partial charge in [-0.05, 0) is 51.9 Å². The Morgan fingerprint density at radius 1 is 0.514 bits per heavy atom. The second-order valence-corrected chi connectivity index (χ2v) is 29.3. The lowest BCUT2D eigenvalue weighted by Gasteiger charge is -2.52. The maximum absolute atomic E-state index is 13.8. The lowest BCUT2D eigenvalue weighted by molar-refractivity contribution is -0.406. The summed E-state index contributed by atoms with van der Waals surface area (Å²) in [5, 5.41) is 195. The molecule has 622 valence electrons. The van der Waals surface area contributed by atoms with Crippen LogP contribution < -0.4 is 10.6 Å². The Kier molecular flexibility index (Phi) is 43.9. The van der Waals surface area contributed by atoms with Gasteiger partial charge in [0, 0.05) is 32.1 Å². The molecule has 0 aromatic rings. The first-order valence-corrected chi connectivity index (χ1v) is 39.0. The quantitative estimate of drug-likeness (QED) is 0.0277. The number of nitrogens with one attached hydrogen (secondary N) is 2. The highest BCUT2D eigenvalue weighted by Crippen LogP contribution is 2.42. The van der Waals surface area contributed by atoms with E-state index in [-0.39, 0.29) is 12.3 Å². The summed E-state index contributed by atoms with van der Waals surface area (Å²) in [6, 6.07) is -2.90. The first-order chi connectivity index (χ1) is 51.3. The molecule has 5 heterocycles. The molecule has 0 aromatic carbocycles. The molecule has 0 radical (unpaired) electrons. The Hall–Kier alpha value is -3.48. The number of carbonyl (C=O) groups excluding carboxylic acids is 3. The summed E-state index contributed by atoms with van der Waals surface area (Å²) >= 11 is 0. The van der Waals surface area contributed by atoms with Gasteiger partial charge in [-0.15, -0.1) is 0 Å². The van der Waals surface area contributed by atoms with Crippen LogP contribution in [0.4, 0.5) is 0 Å². The van der Waals surface area contributed by atoms with Crippen LogP contribution in [0.1, 0.15) is 207 Å². The van der Waals surface area contributed by atoms with Crippen molar-refractivity contribution in [1.29, 1.82) is 0 Å². The van der Waals surface area contributed by atoms with Gasteiger partial charge >= 0.3 is 5.97 Å². The molecule has 5 saturated heterocycles. The molecule has 0 aromatic heterocycles. The Balaban J connectivity index is 1.40. The molecule has 5 aliphatic heterocycles. The zero-order valence-corrected chi connectivity index (χ0v) is 62.8. The van der Waals surface area contributed by atoms with Crippen LogP contribution in [0.25, 0.3) is 0 Å². The third kappa shape index (κ3) is 29.1. The number of aliphatic hydroxyl groups excluding tert-OH is 16. The Labute approximate surface area is 627 Å². The Morgan fingerprint density at radius 2 is 0.981 bits per heavy atom. The molecule has 5 aliphatic rings. The summed E-state index contributed by atoms with van der Waals surface area (Å²) in [5.74, 6) is -9.09. The number of ketones is 1. The number of allylic oxidation sites excluding steroid dienone is 3. The van der Waals surface area contributed by atoms with Gasteiger partial charge in [0.05, 0.1) is 70.0 Å². The average Bonchev–Trinajstić information content (AvgIpc) is 0.754. The monoisotopic (exact) mass is 1540 g/mol. The van der Waals surface area contributed by atoms with E-state index in [1.807, 2.05) is 6.08 Å². The molecule has 5 rings (SSSR count). The number of amides is 2. The fraction of sp³-hybridized carbons (Fsp3) is 0.892. The maximum atomic E-state index is 13.8. The molecule has 0 aliphatic carbocycles. The van der Waals surface area contributed by atoms with Crippen molar-refractivity contribution < 1.29 is 153 Å². The van der Waals surface area contributed by atoms with Crippen molar-refractivity contribution in [2.45, 2.75) is 373 Å². The maximum Gasteiger partial charge on any atom is 0.364 e. The van der Waals surface area contributed by atoms with Crippen LogP contribution in [0.5, 0.6) is 0 Å². The zero-order valence-electron chi connectivity index (χ0n) is 62.8. The standard InChI is InChI=1S/C74H130N2O31/c1-5-7-9-11-13-15-17-19-20-22-24-26-28-30-32-34-54(87)76-46(47(84)33-31-29-27-25-23-21-18-16-14-12-10-8-6-2)42-98-70-62(94)60(92)65(52(40-80)101-70)104-72-63(95)68(107-74(73(96)97)36-48(85)55(75-44(4)83)67(106-74)56(88)49(86)37-77)66(53(41-81)102-72)105-69-45(35-43(3)82)64(58(90)51(39-79)99-69)103-71-61(93)59(91)57(89)50(38-78)100-71/h15,17,31,33,45-53,55-72,77-81,84-86,88-95H,5-14,16,18-30,32,34-42H2,1-4H3,(H,75,83)(H,76,87)(H,96,97)/b17-15-,33-31+/t45-,46+,47-,48+,49-,50-,51-,52-,53-,55-,56-,57+,58+,59+,60-,61-,62-,63-,64-,65-,66+,67?,68-,69+,70-,71+,72+,74+/m1/s1. The van der Waals surface area contributed by atoms with E-state index in [2.05, 4.69) is 36.6 Å². The van der Waals surface area contributed by atoms with Crippen LogP contribution in [0, 0.1) is 5.92 Å². The van der Waals surface area contributed by atoms with E-state index in [0.717, 1.165) is 90.9 Å². The third-order valence-corrected chi connectivity index (χ3v) is 20.5. The fourth-order valence-corrected chi connectivity index (χ4v) is 14.3. The predicted molar refractivity (Wildman–Crippen MR) is 379 cm³/mol. The summed E-state index contributed by atoms with van der Waals surface area (Å²) in [6.07, 6.45) is -15.6. The number of ether oxygens (including phenoxy) is 10. The van der Waals surface area contributed by atoms with E-state index in [4.69, 9.17) is 47.4 Å². The molecular weight excluding hydrogens is 1410 g/mol. The molecule has 0 saturated carbocycles. The smallest absolute Gasteiger partial charge is 0.364 e. The number of aliphatic carboxylic acids is 1. The minimum Gasteiger partial charge on any atom is -0.477 e. The van der Waals surface area contributed by atoms with Crippen molar-refractivity contribution in [3.63, 3.8) is 0 Å². The third-order valence-electron chi connectivity index (χ3n) is 20.5. The highest BCUT2D eigenvalue weighted by Gasteiger charge is 2.62. The van der Waals surface area contributed by atoms with Crippen molar-refractivity contribution in [2.24, 2.45) is 5.92 Å². The van der Waals surface area contributed by atoms with Gasteiger partial charge in [-0.1, -0.05) is 154 Å². The van der Waals surface area contributed by atoms with E-state index in [1.165, 1.54) is 76.7 Å². The highest BCUT2D eigenvalue weighted by atomic mass is 16.8. The lowest BCUT2D eigenvalue weighted by Crippen LogP contribution is -2.71. The first kappa shape index (κ1) is 94.1. The molecule has 0 spiro atoms. The Bertz CT molecular complexity index is 2540. The van der Waals surface area contributed by atoms with Crippen molar-refractivity contribution in [2.75, 3.05) is 39.6 Å². The highest BCUT2D eigenvalue weighted by molar-refractivity contribution is 5.77. The van der Waals surface area contributed by atoms with E-state index in [1.54, 1.807) is 0 Å². The van der Waals surface area contributed by atoms with Gasteiger partial charge in [0.2, 0.25) is 11.8 Å². The first-order valence-electron chi connectivity index (χ1n) is 39.0. The average molecular weight is 1540 g/mol. The zero-order chi connectivity index (χ0) is 78.8. The van der Waals surface area contributed by atoms with Crippen LogP contribution in [-0.4, -0.2) is 315 Å². The second-order valence-electron chi connectivity index (χ2n) is 29.3. The summed E-state index contributed by atoms with van der Waals surface area (Å²) in [5.41, 5.74) is 0. The van der Waals surface area contributed by atoms with Crippen molar-refractivity contribution in [3.05, 3.63) is 24.3 Å². The largest absolute Gasteiger partial charge is 0.477 e. The van der Waals surface area contributed by atoms with Crippen LogP contribution in [0.15, 0.2) is 24.3 Å². The number of carbonyl (C=O) groups is 4. The molecule has 28 atom stereocenters. The molecule has 33 nitrogen and oxygen atoms in total. The van der Waals surface area contributed by atoms with Crippen molar-refractivity contribution in [3.8, 4) is 0 Å². The summed E-state index contributed by atoms with van der Waals surface area (Å²) in [4.78, 5) is 53.1. The molecule has 19 N–H and O–H groups in total. The van der Waals surface area contributed by atoms with E-state index in [0.29, 0.717) is 12.8 Å². The van der Waals surface area contributed by atoms with Crippen molar-refractivity contribution in [1.82, 2.24) is 10.6 Å². The molecule has 1 unspecified atom stereocenters. The summed E-state index contributed by atoms with van der Waals surface area (Å²) in [7, 11) is 0. The van der Waals surface area contributed by atoms with E-state index >= 15 is 0 Å². The van der Waals surface area contributed by atoms with Crippen LogP contribution in [-0.2, 0) is 66.5 Å². The number of unbranched alkanes of at least 4 members (excludes halogenated alkanes) is 22. The van der Waals surface area contributed by atoms with Gasteiger partial charge in [-0.2, -0.15) is 0 Å². The van der Waals surface area contributed by atoms with Gasteiger partial charge in [0.1, 0.15) is 110 Å². The molecule has 5 fully saturated rings. The van der Waals surface area contributed by atoms with E-state index in [9.17, 15) is 106 Å². The second kappa shape index (κ2) is 49.9. The Morgan fingerprint density at radius 3 is 1.52 bits per heavy atom. The number of hydrogen-bond donors (Lipinski definition) is 19. The number of Topliss-reactive ketones (excluding diaryl/α,β-unsaturated/α-hetero) is 1. The van der Waals surface area contributed by atoms with Gasteiger partial charge < -0.3 is 150 Å². The number of rotatable bonds is 52. The van der Waals surface area contributed by atoms with Gasteiger partial charge in [0.25, 0.3) is 5.79 Å².